The molecule has 6 rings (SSSR count). The third-order valence-corrected chi connectivity index (χ3v) is 10.8. The molecule has 0 aromatic carbocycles. The van der Waals surface area contributed by atoms with Gasteiger partial charge in [0.05, 0.1) is 6.61 Å². The number of hydrogen-bond donors (Lipinski definition) is 1. The number of aliphatic hydroxyl groups excluding tert-OH is 1. The standard InChI is InChI=1S/C18H24O4.C16H22O3/c1-11-14-7-6-13(10-21-12(2)19)5-4-8-18(3)9-15(18)16(14)22-17(11)20;1-10-12-6-5-11(9-17)4-3-7-16(2)8-13(16)14(12)19-15(10)18/h5,14-16H,1,4,6-10H2,2-3H3;4,12-14,17H,1,3,5-9H2,2H3/b13-5+;11-4+/t14-,15?,16-,18?;12-,13?,14-,16?/m00/s1. The zero-order chi connectivity index (χ0) is 29.5. The van der Waals surface area contributed by atoms with Gasteiger partial charge in [0.25, 0.3) is 0 Å². The SMILES string of the molecule is C=C1C(=O)O[C@@H]2C3CC3(C)CC/C=C(/CO)CC[C@@H]12.C=C1C(=O)O[C@@H]2C3CC3(C)CC/C=C(/COC(C)=O)CC[C@@H]12. The predicted octanol–water partition coefficient (Wildman–Crippen LogP) is 5.78. The van der Waals surface area contributed by atoms with Gasteiger partial charge in [0.15, 0.2) is 0 Å². The van der Waals surface area contributed by atoms with Gasteiger partial charge in [-0.2, -0.15) is 0 Å². The zero-order valence-corrected chi connectivity index (χ0v) is 24.9. The Morgan fingerprint density at radius 2 is 1.37 bits per heavy atom. The van der Waals surface area contributed by atoms with Crippen molar-refractivity contribution in [3.8, 4) is 0 Å². The number of esters is 3. The summed E-state index contributed by atoms with van der Waals surface area (Å²) in [6.45, 7) is 14.3. The highest BCUT2D eigenvalue weighted by molar-refractivity contribution is 5.91. The van der Waals surface area contributed by atoms with Crippen LogP contribution in [-0.2, 0) is 28.6 Å². The van der Waals surface area contributed by atoms with Crippen LogP contribution in [0.4, 0.5) is 0 Å². The molecule has 224 valence electrons. The fraction of sp³-hybridized carbons (Fsp3) is 0.676. The Kier molecular flexibility index (Phi) is 8.39. The summed E-state index contributed by atoms with van der Waals surface area (Å²) in [7, 11) is 0. The van der Waals surface area contributed by atoms with Crippen LogP contribution in [0.5, 0.6) is 0 Å². The largest absolute Gasteiger partial charge is 0.461 e. The van der Waals surface area contributed by atoms with Crippen LogP contribution in [-0.4, -0.2) is 48.4 Å². The van der Waals surface area contributed by atoms with Crippen molar-refractivity contribution in [2.45, 2.75) is 97.2 Å². The number of fused-ring (bicyclic) bond motifs is 6. The lowest BCUT2D eigenvalue weighted by atomic mass is 9.84. The number of hydrogen-bond acceptors (Lipinski definition) is 7. The summed E-state index contributed by atoms with van der Waals surface area (Å²) in [6.07, 6.45) is 14.3. The van der Waals surface area contributed by atoms with Gasteiger partial charge >= 0.3 is 17.9 Å². The summed E-state index contributed by atoms with van der Waals surface area (Å²) >= 11 is 0. The summed E-state index contributed by atoms with van der Waals surface area (Å²) in [5.41, 5.74) is 4.07. The minimum Gasteiger partial charge on any atom is -0.461 e. The molecule has 2 saturated carbocycles. The molecule has 7 heteroatoms. The van der Waals surface area contributed by atoms with E-state index in [4.69, 9.17) is 14.2 Å². The van der Waals surface area contributed by atoms with Gasteiger partial charge in [-0.15, -0.1) is 0 Å². The third-order valence-electron chi connectivity index (χ3n) is 10.8. The second-order valence-electron chi connectivity index (χ2n) is 13.8. The highest BCUT2D eigenvalue weighted by Crippen LogP contribution is 2.62. The predicted molar refractivity (Wildman–Crippen MR) is 154 cm³/mol. The molecule has 0 spiro atoms. The van der Waals surface area contributed by atoms with E-state index in [0.717, 1.165) is 75.4 Å². The molecule has 4 unspecified atom stereocenters. The lowest BCUT2D eigenvalue weighted by Gasteiger charge is -2.22. The molecule has 0 bridgehead atoms. The van der Waals surface area contributed by atoms with E-state index in [9.17, 15) is 19.5 Å². The Bertz CT molecular complexity index is 1180. The Hall–Kier alpha value is -2.67. The second kappa shape index (κ2) is 11.5. The zero-order valence-electron chi connectivity index (χ0n) is 24.9. The number of ether oxygens (including phenoxy) is 3. The second-order valence-corrected chi connectivity index (χ2v) is 13.8. The lowest BCUT2D eigenvalue weighted by Crippen LogP contribution is -2.23. The summed E-state index contributed by atoms with van der Waals surface area (Å²) in [6, 6.07) is 0. The minimum atomic E-state index is -0.256. The molecule has 2 saturated heterocycles. The fourth-order valence-electron chi connectivity index (χ4n) is 7.72. The van der Waals surface area contributed by atoms with E-state index in [1.54, 1.807) is 0 Å². The van der Waals surface area contributed by atoms with Crippen molar-refractivity contribution in [1.29, 1.82) is 0 Å². The average Bonchev–Trinajstić information content (AvgIpc) is 3.74. The van der Waals surface area contributed by atoms with Gasteiger partial charge in [0.2, 0.25) is 0 Å². The molecule has 1 N–H and O–H groups in total. The van der Waals surface area contributed by atoms with Gasteiger partial charge in [-0.25, -0.2) is 9.59 Å². The Morgan fingerprint density at radius 3 is 1.83 bits per heavy atom. The van der Waals surface area contributed by atoms with E-state index < -0.39 is 0 Å². The number of rotatable bonds is 3. The summed E-state index contributed by atoms with van der Waals surface area (Å²) in [5.74, 6) is 0.542. The van der Waals surface area contributed by atoms with Gasteiger partial charge < -0.3 is 19.3 Å². The maximum absolute atomic E-state index is 11.9. The highest BCUT2D eigenvalue weighted by Gasteiger charge is 2.60. The molecule has 8 atom stereocenters. The van der Waals surface area contributed by atoms with Crippen LogP contribution in [0.25, 0.3) is 0 Å². The molecule has 4 aliphatic carbocycles. The van der Waals surface area contributed by atoms with Gasteiger partial charge in [-0.1, -0.05) is 39.2 Å². The van der Waals surface area contributed by atoms with Crippen LogP contribution in [0.2, 0.25) is 0 Å². The lowest BCUT2D eigenvalue weighted by molar-refractivity contribution is -0.141. The summed E-state index contributed by atoms with van der Waals surface area (Å²) < 4.78 is 16.3. The highest BCUT2D eigenvalue weighted by atomic mass is 16.6. The Labute approximate surface area is 244 Å². The molecule has 7 nitrogen and oxygen atoms in total. The number of carbonyl (C=O) groups excluding carboxylic acids is 3. The molecule has 2 heterocycles. The van der Waals surface area contributed by atoms with E-state index >= 15 is 0 Å². The molecule has 6 aliphatic rings. The van der Waals surface area contributed by atoms with Gasteiger partial charge in [-0.05, 0) is 86.2 Å². The van der Waals surface area contributed by atoms with Crippen LogP contribution in [0, 0.1) is 34.5 Å². The first-order chi connectivity index (χ1) is 19.5. The normalized spacial score (nSPS) is 42.1. The molecule has 2 aliphatic heterocycles. The van der Waals surface area contributed by atoms with Crippen LogP contribution in [0.15, 0.2) is 47.6 Å². The van der Waals surface area contributed by atoms with Gasteiger partial charge in [0, 0.05) is 41.7 Å². The van der Waals surface area contributed by atoms with E-state index in [1.807, 2.05) is 0 Å². The van der Waals surface area contributed by atoms with E-state index in [2.05, 4.69) is 39.2 Å². The van der Waals surface area contributed by atoms with Crippen molar-refractivity contribution < 1.29 is 33.7 Å². The minimum absolute atomic E-state index is 0.00178. The van der Waals surface area contributed by atoms with Crippen LogP contribution >= 0.6 is 0 Å². The van der Waals surface area contributed by atoms with Crippen LogP contribution in [0.1, 0.15) is 85.0 Å². The van der Waals surface area contributed by atoms with Crippen molar-refractivity contribution in [3.63, 3.8) is 0 Å². The number of allylic oxidation sites excluding steroid dienone is 2. The third kappa shape index (κ3) is 6.25. The first-order valence-electron chi connectivity index (χ1n) is 15.4. The topological polar surface area (TPSA) is 99.1 Å². The van der Waals surface area contributed by atoms with Gasteiger partial charge in [-0.3, -0.25) is 4.79 Å². The monoisotopic (exact) mass is 566 g/mol. The molecule has 4 fully saturated rings. The maximum atomic E-state index is 11.9. The molecule has 0 aromatic rings. The summed E-state index contributed by atoms with van der Waals surface area (Å²) in [5, 5.41) is 9.38. The molecule has 0 amide bonds. The maximum Gasteiger partial charge on any atom is 0.334 e. The van der Waals surface area contributed by atoms with Crippen molar-refractivity contribution in [1.82, 2.24) is 0 Å². The van der Waals surface area contributed by atoms with Crippen molar-refractivity contribution in [2.24, 2.45) is 34.5 Å². The van der Waals surface area contributed by atoms with E-state index in [1.165, 1.54) is 6.92 Å². The number of carbonyl (C=O) groups is 3. The molecule has 0 radical (unpaired) electrons. The Balaban J connectivity index is 0.000000166. The van der Waals surface area contributed by atoms with E-state index in [0.29, 0.717) is 35.0 Å². The summed E-state index contributed by atoms with van der Waals surface area (Å²) in [4.78, 5) is 34.7. The quantitative estimate of drug-likeness (QED) is 0.200. The Morgan fingerprint density at radius 1 is 0.902 bits per heavy atom. The first-order valence-corrected chi connectivity index (χ1v) is 15.4. The fourth-order valence-corrected chi connectivity index (χ4v) is 7.72. The van der Waals surface area contributed by atoms with Gasteiger partial charge in [0.1, 0.15) is 18.8 Å². The van der Waals surface area contributed by atoms with Crippen LogP contribution < -0.4 is 0 Å². The molecular weight excluding hydrogens is 520 g/mol. The first kappa shape index (κ1) is 29.8. The van der Waals surface area contributed by atoms with Crippen molar-refractivity contribution in [2.75, 3.05) is 13.2 Å². The van der Waals surface area contributed by atoms with Crippen molar-refractivity contribution in [3.05, 3.63) is 47.6 Å². The smallest absolute Gasteiger partial charge is 0.334 e. The molecule has 0 aromatic heterocycles. The molecule has 41 heavy (non-hydrogen) atoms. The van der Waals surface area contributed by atoms with Crippen molar-refractivity contribution >= 4 is 17.9 Å². The average molecular weight is 567 g/mol. The van der Waals surface area contributed by atoms with E-state index in [-0.39, 0.29) is 54.0 Å². The molecular formula is C34H46O7. The number of aliphatic hydroxyl groups is 1. The van der Waals surface area contributed by atoms with Crippen LogP contribution in [0.3, 0.4) is 0 Å².